The Hall–Kier alpha value is -1.67. The van der Waals surface area contributed by atoms with Crippen LogP contribution in [0.4, 0.5) is 5.82 Å². The van der Waals surface area contributed by atoms with Gasteiger partial charge in [-0.2, -0.15) is 5.10 Å². The Morgan fingerprint density at radius 2 is 2.28 bits per heavy atom. The van der Waals surface area contributed by atoms with Gasteiger partial charge in [0.05, 0.1) is 0 Å². The molecule has 1 fully saturated rings. The first-order chi connectivity index (χ1) is 8.76. The van der Waals surface area contributed by atoms with Gasteiger partial charge in [0.25, 0.3) is 0 Å². The van der Waals surface area contributed by atoms with Crippen molar-refractivity contribution in [2.75, 3.05) is 5.43 Å². The van der Waals surface area contributed by atoms with E-state index < -0.39 is 0 Å². The van der Waals surface area contributed by atoms with E-state index in [9.17, 15) is 0 Å². The molecule has 94 valence electrons. The topological polar surface area (TPSA) is 94.5 Å². The molecular weight excluding hydrogens is 250 g/mol. The van der Waals surface area contributed by atoms with Crippen molar-refractivity contribution < 1.29 is 0 Å². The van der Waals surface area contributed by atoms with Crippen LogP contribution < -0.4 is 11.3 Å². The Balaban J connectivity index is 1.90. The minimum atomic E-state index is 0.483. The highest BCUT2D eigenvalue weighted by molar-refractivity contribution is 7.99. The average molecular weight is 263 g/mol. The molecule has 1 aliphatic carbocycles. The zero-order valence-electron chi connectivity index (χ0n) is 9.87. The summed E-state index contributed by atoms with van der Waals surface area (Å²) in [5.41, 5.74) is 2.58. The molecule has 0 saturated heterocycles. The highest BCUT2D eigenvalue weighted by Gasteiger charge is 2.27. The van der Waals surface area contributed by atoms with Gasteiger partial charge in [0.2, 0.25) is 0 Å². The summed E-state index contributed by atoms with van der Waals surface area (Å²) < 4.78 is 1.71. The summed E-state index contributed by atoms with van der Waals surface area (Å²) in [5.74, 6) is 7.40. The predicted octanol–water partition coefficient (Wildman–Crippen LogP) is 0.919. The molecule has 0 unspecified atom stereocenters. The second-order valence-electron chi connectivity index (χ2n) is 4.14. The van der Waals surface area contributed by atoms with E-state index in [1.54, 1.807) is 4.68 Å². The number of nitrogen functional groups attached to an aromatic ring is 1. The monoisotopic (exact) mass is 263 g/mol. The molecule has 18 heavy (non-hydrogen) atoms. The summed E-state index contributed by atoms with van der Waals surface area (Å²) in [7, 11) is 1.85. The van der Waals surface area contributed by atoms with Crippen LogP contribution in [0.25, 0.3) is 0 Å². The van der Waals surface area contributed by atoms with Crippen LogP contribution in [0.5, 0.6) is 0 Å². The van der Waals surface area contributed by atoms with Crippen LogP contribution in [-0.4, -0.2) is 24.7 Å². The van der Waals surface area contributed by atoms with Crippen molar-refractivity contribution in [2.24, 2.45) is 12.9 Å². The lowest BCUT2D eigenvalue weighted by atomic mass is 10.4. The fraction of sp³-hybridized carbons (Fsp3) is 0.400. The summed E-state index contributed by atoms with van der Waals surface area (Å²) in [4.78, 5) is 13.1. The first-order valence-corrected chi connectivity index (χ1v) is 6.45. The summed E-state index contributed by atoms with van der Waals surface area (Å²) in [6.07, 6.45) is 3.83. The Kier molecular flexibility index (Phi) is 2.88. The molecule has 1 saturated carbocycles. The van der Waals surface area contributed by atoms with E-state index in [0.29, 0.717) is 11.7 Å². The van der Waals surface area contributed by atoms with Crippen molar-refractivity contribution in [1.29, 1.82) is 0 Å². The zero-order chi connectivity index (χ0) is 12.5. The average Bonchev–Trinajstić information content (AvgIpc) is 3.15. The first kappa shape index (κ1) is 11.4. The highest BCUT2D eigenvalue weighted by atomic mass is 32.2. The molecule has 3 N–H and O–H groups in total. The molecule has 1 aliphatic rings. The maximum absolute atomic E-state index is 5.43. The Morgan fingerprint density at radius 3 is 2.89 bits per heavy atom. The van der Waals surface area contributed by atoms with Gasteiger partial charge in [0.15, 0.2) is 5.16 Å². The van der Waals surface area contributed by atoms with Crippen LogP contribution in [0.3, 0.4) is 0 Å². The third-order valence-corrected chi connectivity index (χ3v) is 3.65. The van der Waals surface area contributed by atoms with E-state index in [2.05, 4.69) is 25.5 Å². The maximum Gasteiger partial charge on any atom is 0.192 e. The van der Waals surface area contributed by atoms with Crippen molar-refractivity contribution in [2.45, 2.75) is 28.9 Å². The molecule has 3 rings (SSSR count). The lowest BCUT2D eigenvalue weighted by Crippen LogP contribution is -2.10. The Bertz CT molecular complexity index is 563. The minimum absolute atomic E-state index is 0.483. The van der Waals surface area contributed by atoms with Gasteiger partial charge in [0.1, 0.15) is 23.0 Å². The minimum Gasteiger partial charge on any atom is -0.308 e. The zero-order valence-corrected chi connectivity index (χ0v) is 10.7. The standard InChI is InChI=1S/C10H13N7S/c1-17-10(12-5-13-17)18-8-4-7(16-11)14-9(15-8)6-2-3-6/h4-6H,2-3,11H2,1H3,(H,14,15,16). The number of nitrogens with two attached hydrogens (primary N) is 1. The summed E-state index contributed by atoms with van der Waals surface area (Å²) in [5, 5.41) is 5.65. The second kappa shape index (κ2) is 4.54. The molecule has 0 spiro atoms. The van der Waals surface area contributed by atoms with Crippen LogP contribution >= 0.6 is 11.8 Å². The summed E-state index contributed by atoms with van der Waals surface area (Å²) in [6, 6.07) is 1.81. The van der Waals surface area contributed by atoms with Gasteiger partial charge >= 0.3 is 0 Å². The predicted molar refractivity (Wildman–Crippen MR) is 66.9 cm³/mol. The third-order valence-electron chi connectivity index (χ3n) is 2.68. The third kappa shape index (κ3) is 2.29. The van der Waals surface area contributed by atoms with Gasteiger partial charge in [-0.15, -0.1) is 0 Å². The van der Waals surface area contributed by atoms with Crippen molar-refractivity contribution in [3.05, 3.63) is 18.2 Å². The fourth-order valence-electron chi connectivity index (χ4n) is 1.56. The molecule has 0 atom stereocenters. The van der Waals surface area contributed by atoms with Crippen LogP contribution in [0, 0.1) is 0 Å². The Labute approximate surface area is 108 Å². The summed E-state index contributed by atoms with van der Waals surface area (Å²) >= 11 is 1.45. The van der Waals surface area contributed by atoms with E-state index in [0.717, 1.165) is 28.8 Å². The van der Waals surface area contributed by atoms with Crippen molar-refractivity contribution in [3.63, 3.8) is 0 Å². The van der Waals surface area contributed by atoms with E-state index in [1.807, 2.05) is 13.1 Å². The molecular formula is C10H13N7S. The van der Waals surface area contributed by atoms with E-state index in [4.69, 9.17) is 5.84 Å². The lowest BCUT2D eigenvalue weighted by Gasteiger charge is -2.06. The largest absolute Gasteiger partial charge is 0.308 e. The van der Waals surface area contributed by atoms with E-state index in [-0.39, 0.29) is 0 Å². The molecule has 0 aliphatic heterocycles. The van der Waals surface area contributed by atoms with Crippen LogP contribution in [0.15, 0.2) is 22.6 Å². The first-order valence-electron chi connectivity index (χ1n) is 5.63. The van der Waals surface area contributed by atoms with Crippen LogP contribution in [0.2, 0.25) is 0 Å². The molecule has 7 nitrogen and oxygen atoms in total. The number of aryl methyl sites for hydroxylation is 1. The van der Waals surface area contributed by atoms with Gasteiger partial charge in [0, 0.05) is 19.0 Å². The number of rotatable bonds is 4. The molecule has 2 aromatic heterocycles. The van der Waals surface area contributed by atoms with Crippen molar-refractivity contribution in [1.82, 2.24) is 24.7 Å². The highest BCUT2D eigenvalue weighted by Crippen LogP contribution is 2.39. The number of hydrogen-bond acceptors (Lipinski definition) is 7. The second-order valence-corrected chi connectivity index (χ2v) is 5.12. The van der Waals surface area contributed by atoms with E-state index >= 15 is 0 Å². The lowest BCUT2D eigenvalue weighted by molar-refractivity contribution is 0.684. The molecule has 0 radical (unpaired) electrons. The van der Waals surface area contributed by atoms with Crippen molar-refractivity contribution in [3.8, 4) is 0 Å². The van der Waals surface area contributed by atoms with Gasteiger partial charge in [-0.05, 0) is 24.6 Å². The van der Waals surface area contributed by atoms with Gasteiger partial charge < -0.3 is 5.43 Å². The number of anilines is 1. The van der Waals surface area contributed by atoms with Gasteiger partial charge in [-0.3, -0.25) is 0 Å². The molecule has 0 aromatic carbocycles. The maximum atomic E-state index is 5.43. The number of nitrogens with one attached hydrogen (secondary N) is 1. The SMILES string of the molecule is Cn1ncnc1Sc1cc(NN)nc(C2CC2)n1. The number of aromatic nitrogens is 5. The normalized spacial score (nSPS) is 14.8. The smallest absolute Gasteiger partial charge is 0.192 e. The number of nitrogens with zero attached hydrogens (tertiary/aromatic N) is 5. The number of hydrazine groups is 1. The van der Waals surface area contributed by atoms with Crippen LogP contribution in [-0.2, 0) is 7.05 Å². The quantitative estimate of drug-likeness (QED) is 0.481. The molecule has 8 heteroatoms. The van der Waals surface area contributed by atoms with Gasteiger partial charge in [-0.1, -0.05) is 0 Å². The molecule has 2 heterocycles. The molecule has 0 bridgehead atoms. The van der Waals surface area contributed by atoms with Crippen LogP contribution in [0.1, 0.15) is 24.6 Å². The number of hydrogen-bond donors (Lipinski definition) is 2. The van der Waals surface area contributed by atoms with E-state index in [1.165, 1.54) is 18.1 Å². The fourth-order valence-corrected chi connectivity index (χ4v) is 2.34. The molecule has 2 aromatic rings. The Morgan fingerprint density at radius 1 is 1.44 bits per heavy atom. The molecule has 0 amide bonds. The van der Waals surface area contributed by atoms with Crippen molar-refractivity contribution >= 4 is 17.6 Å². The van der Waals surface area contributed by atoms with Gasteiger partial charge in [-0.25, -0.2) is 25.5 Å². The summed E-state index contributed by atoms with van der Waals surface area (Å²) in [6.45, 7) is 0.